The van der Waals surface area contributed by atoms with Crippen molar-refractivity contribution in [2.24, 2.45) is 0 Å². The Bertz CT molecular complexity index is 1130. The van der Waals surface area contributed by atoms with Crippen LogP contribution in [0, 0.1) is 6.92 Å². The molecule has 3 rings (SSSR count). The van der Waals surface area contributed by atoms with Gasteiger partial charge in [-0.05, 0) is 24.6 Å². The number of aryl methyl sites for hydroxylation is 1. The third-order valence-corrected chi connectivity index (χ3v) is 5.10. The number of ether oxygens (including phenoxy) is 2. The number of aliphatic hydroxyl groups is 2. The van der Waals surface area contributed by atoms with Crippen molar-refractivity contribution < 1.29 is 46.1 Å². The molecule has 5 atom stereocenters. The standard InChI is InChI=1S/C18H21NO11S/c1-8-5-14(22)28-12-6-10(3-4-11(8)12)27-18-15(19-9(2)21)16(23)17(13(7-20)29-18)30-31(24,25)26/h3-6,13,15-18,20,23H,7H2,1-2H3,(H,19,21)(H,24,25,26)/t13-,15-,16-,17+,18-/m1/s1. The number of rotatable bonds is 6. The van der Waals surface area contributed by atoms with Gasteiger partial charge in [0.2, 0.25) is 12.2 Å². The van der Waals surface area contributed by atoms with Gasteiger partial charge in [-0.25, -0.2) is 8.98 Å². The van der Waals surface area contributed by atoms with Gasteiger partial charge in [0.05, 0.1) is 6.61 Å². The van der Waals surface area contributed by atoms with Gasteiger partial charge in [0, 0.05) is 24.4 Å². The molecule has 12 nitrogen and oxygen atoms in total. The Morgan fingerprint density at radius 2 is 2.00 bits per heavy atom. The first-order valence-electron chi connectivity index (χ1n) is 9.07. The third-order valence-electron chi connectivity index (χ3n) is 4.63. The van der Waals surface area contributed by atoms with Crippen LogP contribution in [0.2, 0.25) is 0 Å². The second-order valence-electron chi connectivity index (χ2n) is 6.96. The first-order chi connectivity index (χ1) is 14.5. The Morgan fingerprint density at radius 3 is 2.61 bits per heavy atom. The van der Waals surface area contributed by atoms with E-state index in [9.17, 15) is 28.2 Å². The minimum Gasteiger partial charge on any atom is -0.462 e. The molecule has 1 aromatic heterocycles. The van der Waals surface area contributed by atoms with Gasteiger partial charge in [0.1, 0.15) is 35.7 Å². The number of aliphatic hydroxyl groups excluding tert-OH is 2. The molecule has 1 fully saturated rings. The number of benzene rings is 1. The van der Waals surface area contributed by atoms with E-state index in [1.165, 1.54) is 18.2 Å². The Hall–Kier alpha value is -2.55. The van der Waals surface area contributed by atoms with Gasteiger partial charge < -0.3 is 29.4 Å². The maximum Gasteiger partial charge on any atom is 0.397 e. The smallest absolute Gasteiger partial charge is 0.397 e. The molecule has 13 heteroatoms. The topological polar surface area (TPSA) is 182 Å². The van der Waals surface area contributed by atoms with Crippen LogP contribution in [0.4, 0.5) is 0 Å². The summed E-state index contributed by atoms with van der Waals surface area (Å²) in [5.41, 5.74) is 0.346. The maximum atomic E-state index is 11.6. The normalized spacial score (nSPS) is 26.5. The number of carbonyl (C=O) groups is 1. The van der Waals surface area contributed by atoms with Crippen molar-refractivity contribution in [1.82, 2.24) is 5.32 Å². The molecule has 0 radical (unpaired) electrons. The highest BCUT2D eigenvalue weighted by Gasteiger charge is 2.49. The van der Waals surface area contributed by atoms with Gasteiger partial charge in [-0.2, -0.15) is 8.42 Å². The number of fused-ring (bicyclic) bond motifs is 1. The summed E-state index contributed by atoms with van der Waals surface area (Å²) in [5, 5.41) is 23.2. The molecule has 4 N–H and O–H groups in total. The summed E-state index contributed by atoms with van der Waals surface area (Å²) in [6, 6.07) is 4.55. The average Bonchev–Trinajstić information content (AvgIpc) is 2.65. The second-order valence-corrected chi connectivity index (χ2v) is 8.00. The minimum absolute atomic E-state index is 0.139. The van der Waals surface area contributed by atoms with E-state index < -0.39 is 59.2 Å². The largest absolute Gasteiger partial charge is 0.462 e. The van der Waals surface area contributed by atoms with E-state index in [-0.39, 0.29) is 11.3 Å². The molecule has 0 aliphatic carbocycles. The molecule has 2 aromatic rings. The van der Waals surface area contributed by atoms with E-state index in [0.717, 1.165) is 6.92 Å². The molecular weight excluding hydrogens is 438 g/mol. The zero-order valence-electron chi connectivity index (χ0n) is 16.4. The average molecular weight is 459 g/mol. The lowest BCUT2D eigenvalue weighted by Crippen LogP contribution is -2.66. The quantitative estimate of drug-likeness (QED) is 0.315. The first kappa shape index (κ1) is 23.1. The van der Waals surface area contributed by atoms with Gasteiger partial charge in [0.15, 0.2) is 0 Å². The van der Waals surface area contributed by atoms with E-state index in [0.29, 0.717) is 10.9 Å². The molecule has 1 amide bonds. The van der Waals surface area contributed by atoms with E-state index in [2.05, 4.69) is 9.50 Å². The van der Waals surface area contributed by atoms with Crippen LogP contribution in [0.15, 0.2) is 33.5 Å². The molecule has 170 valence electrons. The second kappa shape index (κ2) is 8.90. The lowest BCUT2D eigenvalue weighted by Gasteiger charge is -2.43. The Morgan fingerprint density at radius 1 is 1.29 bits per heavy atom. The van der Waals surface area contributed by atoms with Crippen LogP contribution in [-0.4, -0.2) is 66.3 Å². The van der Waals surface area contributed by atoms with E-state index >= 15 is 0 Å². The van der Waals surface area contributed by atoms with E-state index in [1.807, 2.05) is 0 Å². The van der Waals surface area contributed by atoms with Gasteiger partial charge in [-0.15, -0.1) is 0 Å². The maximum absolute atomic E-state index is 11.6. The number of hydrogen-bond acceptors (Lipinski definition) is 10. The zero-order chi connectivity index (χ0) is 22.9. The molecule has 0 saturated carbocycles. The summed E-state index contributed by atoms with van der Waals surface area (Å²) < 4.78 is 52.0. The summed E-state index contributed by atoms with van der Waals surface area (Å²) in [7, 11) is -5.01. The van der Waals surface area contributed by atoms with Crippen LogP contribution in [0.1, 0.15) is 12.5 Å². The van der Waals surface area contributed by atoms with Crippen LogP contribution < -0.4 is 15.7 Å². The van der Waals surface area contributed by atoms with Crippen molar-refractivity contribution in [3.05, 3.63) is 40.2 Å². The van der Waals surface area contributed by atoms with Crippen LogP contribution in [0.5, 0.6) is 5.75 Å². The van der Waals surface area contributed by atoms with Crippen LogP contribution in [0.25, 0.3) is 11.0 Å². The fraction of sp³-hybridized carbons (Fsp3) is 0.444. The number of nitrogens with one attached hydrogen (secondary N) is 1. The molecule has 0 unspecified atom stereocenters. The van der Waals surface area contributed by atoms with Crippen LogP contribution in [-0.2, 0) is 24.1 Å². The summed E-state index contributed by atoms with van der Waals surface area (Å²) >= 11 is 0. The van der Waals surface area contributed by atoms with Crippen molar-refractivity contribution in [3.8, 4) is 5.75 Å². The number of amides is 1. The van der Waals surface area contributed by atoms with Gasteiger partial charge in [-0.1, -0.05) is 0 Å². The first-order valence-corrected chi connectivity index (χ1v) is 10.4. The fourth-order valence-electron chi connectivity index (χ4n) is 3.33. The zero-order valence-corrected chi connectivity index (χ0v) is 17.2. The fourth-order valence-corrected chi connectivity index (χ4v) is 3.85. The predicted molar refractivity (Wildman–Crippen MR) is 104 cm³/mol. The Kier molecular flexibility index (Phi) is 6.64. The molecule has 0 spiro atoms. The molecule has 1 saturated heterocycles. The predicted octanol–water partition coefficient (Wildman–Crippen LogP) is -0.749. The highest BCUT2D eigenvalue weighted by Crippen LogP contribution is 2.29. The molecule has 1 aromatic carbocycles. The summed E-state index contributed by atoms with van der Waals surface area (Å²) in [6.07, 6.45) is -6.30. The molecule has 31 heavy (non-hydrogen) atoms. The Labute approximate surface area is 176 Å². The van der Waals surface area contributed by atoms with Crippen LogP contribution >= 0.6 is 0 Å². The van der Waals surface area contributed by atoms with Crippen LogP contribution in [0.3, 0.4) is 0 Å². The lowest BCUT2D eigenvalue weighted by molar-refractivity contribution is -0.239. The van der Waals surface area contributed by atoms with E-state index in [4.69, 9.17) is 18.4 Å². The number of carbonyl (C=O) groups excluding carboxylic acids is 1. The molecule has 0 bridgehead atoms. The van der Waals surface area contributed by atoms with Crippen molar-refractivity contribution in [1.29, 1.82) is 0 Å². The van der Waals surface area contributed by atoms with Crippen molar-refractivity contribution in [2.45, 2.75) is 44.5 Å². The number of hydrogen-bond donors (Lipinski definition) is 4. The summed E-state index contributed by atoms with van der Waals surface area (Å²) in [6.45, 7) is 2.08. The molecular formula is C18H21NO11S. The third kappa shape index (κ3) is 5.39. The molecule has 1 aliphatic rings. The van der Waals surface area contributed by atoms with Crippen molar-refractivity contribution >= 4 is 27.3 Å². The van der Waals surface area contributed by atoms with Gasteiger partial charge in [0.25, 0.3) is 0 Å². The lowest BCUT2D eigenvalue weighted by atomic mass is 9.97. The SMILES string of the molecule is CC(=O)N[C@H]1[C@H](Oc2ccc3c(C)cc(=O)oc3c2)O[C@H](CO)[C@H](OS(=O)(=O)O)[C@@H]1O. The van der Waals surface area contributed by atoms with Gasteiger partial charge in [-0.3, -0.25) is 9.35 Å². The highest BCUT2D eigenvalue weighted by molar-refractivity contribution is 7.80. The highest BCUT2D eigenvalue weighted by atomic mass is 32.3. The van der Waals surface area contributed by atoms with E-state index in [1.54, 1.807) is 13.0 Å². The Balaban J connectivity index is 1.93. The molecule has 2 heterocycles. The van der Waals surface area contributed by atoms with Crippen molar-refractivity contribution in [2.75, 3.05) is 6.61 Å². The molecule has 1 aliphatic heterocycles. The summed E-state index contributed by atoms with van der Waals surface area (Å²) in [5.74, 6) is -0.464. The minimum atomic E-state index is -5.01. The monoisotopic (exact) mass is 459 g/mol. The van der Waals surface area contributed by atoms with Crippen molar-refractivity contribution in [3.63, 3.8) is 0 Å². The summed E-state index contributed by atoms with van der Waals surface area (Å²) in [4.78, 5) is 23.2. The van der Waals surface area contributed by atoms with Gasteiger partial charge >= 0.3 is 16.0 Å².